The van der Waals surface area contributed by atoms with E-state index >= 15 is 0 Å². The van der Waals surface area contributed by atoms with Gasteiger partial charge in [0.1, 0.15) is 0 Å². The average Bonchev–Trinajstić information content (AvgIpc) is 2.17. The van der Waals surface area contributed by atoms with E-state index in [2.05, 4.69) is 41.4 Å². The normalized spacial score (nSPS) is 15.2. The van der Waals surface area contributed by atoms with E-state index in [1.54, 1.807) is 0 Å². The van der Waals surface area contributed by atoms with Crippen LogP contribution >= 0.6 is 0 Å². The third kappa shape index (κ3) is 1.13. The first-order valence-corrected chi connectivity index (χ1v) is 4.29. The molecule has 2 heteroatoms. The molecule has 1 aromatic carbocycles. The van der Waals surface area contributed by atoms with Crippen molar-refractivity contribution in [3.05, 3.63) is 31.2 Å². The Morgan fingerprint density at radius 2 is 2.25 bits per heavy atom. The molecule has 0 atom stereocenters. The number of anilines is 2. The van der Waals surface area contributed by atoms with Crippen molar-refractivity contribution in [2.24, 2.45) is 0 Å². The number of fused-ring (bicyclic) bond motifs is 1. The largest absolute Gasteiger partial charge is 0.382 e. The molecule has 1 heterocycles. The minimum Gasteiger partial charge on any atom is -0.382 e. The van der Waals surface area contributed by atoms with E-state index in [1.807, 2.05) is 0 Å². The molecule has 1 N–H and O–H groups in total. The van der Waals surface area contributed by atoms with E-state index in [0.717, 1.165) is 19.6 Å². The fourth-order valence-electron chi connectivity index (χ4n) is 1.58. The Hall–Kier alpha value is -1.18. The van der Waals surface area contributed by atoms with Crippen LogP contribution in [0.3, 0.4) is 0 Å². The van der Waals surface area contributed by atoms with Crippen LogP contribution in [0.25, 0.3) is 0 Å². The lowest BCUT2D eigenvalue weighted by Gasteiger charge is -2.30. The second-order valence-corrected chi connectivity index (χ2v) is 2.93. The summed E-state index contributed by atoms with van der Waals surface area (Å²) in [6, 6.07) is 8.36. The van der Waals surface area contributed by atoms with E-state index in [-0.39, 0.29) is 0 Å². The summed E-state index contributed by atoms with van der Waals surface area (Å²) >= 11 is 0. The molecule has 0 saturated heterocycles. The molecule has 1 aliphatic rings. The second kappa shape index (κ2) is 3.05. The molecule has 1 radical (unpaired) electrons. The van der Waals surface area contributed by atoms with Crippen LogP contribution in [0, 0.1) is 6.92 Å². The van der Waals surface area contributed by atoms with Gasteiger partial charge in [0.15, 0.2) is 0 Å². The summed E-state index contributed by atoms with van der Waals surface area (Å²) < 4.78 is 0. The van der Waals surface area contributed by atoms with Crippen molar-refractivity contribution in [2.45, 2.75) is 0 Å². The van der Waals surface area contributed by atoms with Gasteiger partial charge in [0, 0.05) is 19.6 Å². The monoisotopic (exact) mass is 161 g/mol. The van der Waals surface area contributed by atoms with Gasteiger partial charge in [-0.15, -0.1) is 0 Å². The van der Waals surface area contributed by atoms with Crippen molar-refractivity contribution in [3.8, 4) is 0 Å². The number of hydrogen-bond donors (Lipinski definition) is 1. The predicted molar refractivity (Wildman–Crippen MR) is 52.5 cm³/mol. The third-order valence-corrected chi connectivity index (χ3v) is 2.21. The summed E-state index contributed by atoms with van der Waals surface area (Å²) in [5.41, 5.74) is 2.51. The molecule has 0 saturated carbocycles. The van der Waals surface area contributed by atoms with Gasteiger partial charge in [-0.2, -0.15) is 0 Å². The Balaban J connectivity index is 2.37. The molecule has 2 rings (SSSR count). The van der Waals surface area contributed by atoms with Crippen molar-refractivity contribution < 1.29 is 0 Å². The van der Waals surface area contributed by atoms with Crippen LogP contribution in [-0.2, 0) is 0 Å². The van der Waals surface area contributed by atoms with Crippen molar-refractivity contribution in [1.29, 1.82) is 0 Å². The average molecular weight is 161 g/mol. The summed E-state index contributed by atoms with van der Waals surface area (Å²) in [5, 5.41) is 3.36. The van der Waals surface area contributed by atoms with Crippen LogP contribution < -0.4 is 10.2 Å². The van der Waals surface area contributed by atoms with Gasteiger partial charge in [-0.3, -0.25) is 0 Å². The molecule has 0 bridgehead atoms. The highest BCUT2D eigenvalue weighted by molar-refractivity contribution is 5.71. The van der Waals surface area contributed by atoms with Crippen LogP contribution in [0.2, 0.25) is 0 Å². The summed E-state index contributed by atoms with van der Waals surface area (Å²) in [4.78, 5) is 2.28. The first-order valence-electron chi connectivity index (χ1n) is 4.29. The Labute approximate surface area is 73.2 Å². The zero-order valence-corrected chi connectivity index (χ0v) is 7.09. The summed E-state index contributed by atoms with van der Waals surface area (Å²) in [7, 11) is 0. The number of rotatable bonds is 1. The number of nitrogens with one attached hydrogen (secondary N) is 1. The number of para-hydroxylation sites is 2. The van der Waals surface area contributed by atoms with E-state index in [4.69, 9.17) is 0 Å². The van der Waals surface area contributed by atoms with Gasteiger partial charge in [0.2, 0.25) is 0 Å². The minimum absolute atomic E-state index is 0.846. The van der Waals surface area contributed by atoms with Gasteiger partial charge in [-0.1, -0.05) is 12.1 Å². The lowest BCUT2D eigenvalue weighted by Crippen LogP contribution is -2.33. The number of hydrogen-bond acceptors (Lipinski definition) is 2. The molecule has 63 valence electrons. The first-order chi connectivity index (χ1) is 5.92. The zero-order valence-electron chi connectivity index (χ0n) is 7.09. The van der Waals surface area contributed by atoms with Crippen molar-refractivity contribution in [1.82, 2.24) is 0 Å². The smallest absolute Gasteiger partial charge is 0.0602 e. The maximum Gasteiger partial charge on any atom is 0.0602 e. The van der Waals surface area contributed by atoms with Crippen molar-refractivity contribution in [3.63, 3.8) is 0 Å². The molecule has 0 fully saturated rings. The summed E-state index contributed by atoms with van der Waals surface area (Å²) in [6.45, 7) is 6.83. The highest BCUT2D eigenvalue weighted by atomic mass is 15.2. The number of benzene rings is 1. The number of nitrogens with zero attached hydrogens (tertiary/aromatic N) is 1. The molecule has 0 aromatic heterocycles. The molecule has 0 amide bonds. The summed E-state index contributed by atoms with van der Waals surface area (Å²) in [5.74, 6) is 0. The van der Waals surface area contributed by atoms with E-state index in [9.17, 15) is 0 Å². The zero-order chi connectivity index (χ0) is 8.39. The van der Waals surface area contributed by atoms with Gasteiger partial charge in [-0.05, 0) is 19.1 Å². The Kier molecular flexibility index (Phi) is 1.90. The van der Waals surface area contributed by atoms with Crippen molar-refractivity contribution in [2.75, 3.05) is 29.9 Å². The highest BCUT2D eigenvalue weighted by Gasteiger charge is 2.12. The minimum atomic E-state index is 0.846. The molecule has 12 heavy (non-hydrogen) atoms. The molecule has 1 aromatic rings. The van der Waals surface area contributed by atoms with Gasteiger partial charge in [0.25, 0.3) is 0 Å². The molecule has 0 unspecified atom stereocenters. The third-order valence-electron chi connectivity index (χ3n) is 2.21. The Bertz CT molecular complexity index is 270. The highest BCUT2D eigenvalue weighted by Crippen LogP contribution is 2.27. The van der Waals surface area contributed by atoms with Gasteiger partial charge < -0.3 is 10.2 Å². The van der Waals surface area contributed by atoms with Gasteiger partial charge in [0.05, 0.1) is 11.4 Å². The SMILES string of the molecule is [CH2]CN1CCNc2ccccc21. The maximum atomic E-state index is 3.91. The fourth-order valence-corrected chi connectivity index (χ4v) is 1.58. The van der Waals surface area contributed by atoms with E-state index < -0.39 is 0 Å². The quantitative estimate of drug-likeness (QED) is 0.675. The molecule has 1 aliphatic heterocycles. The maximum absolute atomic E-state index is 3.91. The standard InChI is InChI=1S/C10H13N2/c1-2-12-8-7-11-9-5-3-4-6-10(9)12/h3-6,11H,1-2,7-8H2. The fraction of sp³-hybridized carbons (Fsp3) is 0.300. The topological polar surface area (TPSA) is 15.3 Å². The first kappa shape index (κ1) is 7.47. The molecular formula is C10H13N2. The van der Waals surface area contributed by atoms with Crippen LogP contribution in [0.5, 0.6) is 0 Å². The van der Waals surface area contributed by atoms with Gasteiger partial charge in [-0.25, -0.2) is 0 Å². The predicted octanol–water partition coefficient (Wildman–Crippen LogP) is 1.75. The second-order valence-electron chi connectivity index (χ2n) is 2.93. The lowest BCUT2D eigenvalue weighted by molar-refractivity contribution is 0.842. The molecule has 2 nitrogen and oxygen atoms in total. The Morgan fingerprint density at radius 1 is 1.42 bits per heavy atom. The molecule has 0 spiro atoms. The van der Waals surface area contributed by atoms with Crippen molar-refractivity contribution >= 4 is 11.4 Å². The van der Waals surface area contributed by atoms with Crippen LogP contribution in [-0.4, -0.2) is 19.6 Å². The Morgan fingerprint density at radius 3 is 3.08 bits per heavy atom. The van der Waals surface area contributed by atoms with Crippen LogP contribution in [0.1, 0.15) is 0 Å². The molecule has 0 aliphatic carbocycles. The lowest BCUT2D eigenvalue weighted by atomic mass is 10.2. The van der Waals surface area contributed by atoms with E-state index in [0.29, 0.717) is 0 Å². The van der Waals surface area contributed by atoms with E-state index in [1.165, 1.54) is 11.4 Å². The van der Waals surface area contributed by atoms with Gasteiger partial charge >= 0.3 is 0 Å². The summed E-state index contributed by atoms with van der Waals surface area (Å²) in [6.07, 6.45) is 0. The van der Waals surface area contributed by atoms with Crippen LogP contribution in [0.15, 0.2) is 24.3 Å². The molecular weight excluding hydrogens is 148 g/mol. The van der Waals surface area contributed by atoms with Crippen LogP contribution in [0.4, 0.5) is 11.4 Å².